The zero-order valence-electron chi connectivity index (χ0n) is 21.0. The van der Waals surface area contributed by atoms with Crippen LogP contribution < -0.4 is 10.9 Å². The molecule has 192 valence electrons. The van der Waals surface area contributed by atoms with Gasteiger partial charge in [0, 0.05) is 21.6 Å². The molecule has 0 spiro atoms. The first-order valence-corrected chi connectivity index (χ1v) is 13.5. The fourth-order valence-electron chi connectivity index (χ4n) is 4.51. The monoisotopic (exact) mass is 580 g/mol. The number of fused-ring (bicyclic) bond motifs is 1. The van der Waals surface area contributed by atoms with Crippen molar-refractivity contribution in [2.75, 3.05) is 20.1 Å². The van der Waals surface area contributed by atoms with Crippen molar-refractivity contribution < 1.29 is 4.79 Å². The molecule has 4 aromatic rings. The number of hydrogen-bond acceptors (Lipinski definition) is 4. The zero-order chi connectivity index (χ0) is 26.4. The number of rotatable bonds is 10. The lowest BCUT2D eigenvalue weighted by Gasteiger charge is -2.32. The Morgan fingerprint density at radius 1 is 1.11 bits per heavy atom. The van der Waals surface area contributed by atoms with Crippen LogP contribution in [0.4, 0.5) is 0 Å². The van der Waals surface area contributed by atoms with Gasteiger partial charge in [-0.15, -0.1) is 0 Å². The number of amides is 1. The van der Waals surface area contributed by atoms with E-state index in [1.165, 1.54) is 0 Å². The highest BCUT2D eigenvalue weighted by molar-refractivity contribution is 9.10. The molecule has 0 aliphatic carbocycles. The quantitative estimate of drug-likeness (QED) is 0.231. The van der Waals surface area contributed by atoms with Crippen LogP contribution >= 0.6 is 27.5 Å². The van der Waals surface area contributed by atoms with Gasteiger partial charge in [-0.1, -0.05) is 64.8 Å². The molecule has 0 fully saturated rings. The Morgan fingerprint density at radius 2 is 1.84 bits per heavy atom. The molecule has 1 amide bonds. The Labute approximate surface area is 230 Å². The Hall–Kier alpha value is -3.00. The average molecular weight is 582 g/mol. The van der Waals surface area contributed by atoms with Gasteiger partial charge in [0.05, 0.1) is 23.5 Å². The van der Waals surface area contributed by atoms with Gasteiger partial charge in [-0.2, -0.15) is 0 Å². The minimum Gasteiger partial charge on any atom is -0.328 e. The van der Waals surface area contributed by atoms with Crippen LogP contribution in [-0.4, -0.2) is 40.5 Å². The molecular weight excluding hydrogens is 552 g/mol. The van der Waals surface area contributed by atoms with Crippen LogP contribution in [0.2, 0.25) is 5.02 Å². The molecule has 1 atom stereocenters. The molecule has 1 heterocycles. The van der Waals surface area contributed by atoms with Gasteiger partial charge in [0.2, 0.25) is 0 Å². The van der Waals surface area contributed by atoms with Gasteiger partial charge in [0.15, 0.2) is 0 Å². The van der Waals surface area contributed by atoms with Crippen LogP contribution in [0.5, 0.6) is 0 Å². The van der Waals surface area contributed by atoms with E-state index in [0.29, 0.717) is 46.8 Å². The van der Waals surface area contributed by atoms with Gasteiger partial charge >= 0.3 is 0 Å². The van der Waals surface area contributed by atoms with Crippen LogP contribution in [0, 0.1) is 0 Å². The molecule has 0 bridgehead atoms. The van der Waals surface area contributed by atoms with Crippen LogP contribution in [0.3, 0.4) is 0 Å². The molecule has 8 heteroatoms. The molecule has 0 saturated heterocycles. The number of benzene rings is 3. The molecular formula is C29H30BrClN4O2. The van der Waals surface area contributed by atoms with Gasteiger partial charge in [0.25, 0.3) is 11.5 Å². The number of nitrogens with one attached hydrogen (secondary N) is 1. The van der Waals surface area contributed by atoms with E-state index in [4.69, 9.17) is 16.6 Å². The molecule has 3 aromatic carbocycles. The summed E-state index contributed by atoms with van der Waals surface area (Å²) >= 11 is 9.72. The molecule has 0 saturated carbocycles. The van der Waals surface area contributed by atoms with Crippen molar-refractivity contribution in [3.05, 3.63) is 110 Å². The molecule has 1 unspecified atom stereocenters. The standard InChI is InChI=1S/C29H30BrClN4O2/c1-3-26(34(17-7-16-32-2)28(36)21-10-12-22(30)13-11-21)27-33-25-18-23(31)14-15-24(25)29(37)35(27)19-20-8-5-4-6-9-20/h4-6,8-15,18,26,32H,3,7,16-17,19H2,1-2H3. The van der Waals surface area contributed by atoms with Crippen molar-refractivity contribution >= 4 is 44.3 Å². The largest absolute Gasteiger partial charge is 0.328 e. The van der Waals surface area contributed by atoms with E-state index < -0.39 is 6.04 Å². The van der Waals surface area contributed by atoms with E-state index in [1.807, 2.05) is 73.5 Å². The minimum absolute atomic E-state index is 0.0952. The molecule has 0 aliphatic heterocycles. The smallest absolute Gasteiger partial charge is 0.261 e. The Bertz CT molecular complexity index is 1420. The number of carbonyl (C=O) groups excluding carboxylic acids is 1. The molecule has 37 heavy (non-hydrogen) atoms. The molecule has 1 N–H and O–H groups in total. The highest BCUT2D eigenvalue weighted by Crippen LogP contribution is 2.27. The predicted octanol–water partition coefficient (Wildman–Crippen LogP) is 6.06. The van der Waals surface area contributed by atoms with Crippen LogP contribution in [-0.2, 0) is 6.54 Å². The SMILES string of the molecule is CCC(c1nc2cc(Cl)ccc2c(=O)n1Cc1ccccc1)N(CCCNC)C(=O)c1ccc(Br)cc1. The number of halogens is 2. The Morgan fingerprint density at radius 3 is 2.51 bits per heavy atom. The molecule has 4 rings (SSSR count). The lowest BCUT2D eigenvalue weighted by atomic mass is 10.1. The van der Waals surface area contributed by atoms with E-state index in [-0.39, 0.29) is 11.5 Å². The fraction of sp³-hybridized carbons (Fsp3) is 0.276. The first-order valence-electron chi connectivity index (χ1n) is 12.4. The predicted molar refractivity (Wildman–Crippen MR) is 153 cm³/mol. The second-order valence-corrected chi connectivity index (χ2v) is 10.2. The first kappa shape index (κ1) is 27.0. The van der Waals surface area contributed by atoms with E-state index in [1.54, 1.807) is 22.8 Å². The van der Waals surface area contributed by atoms with Crippen molar-refractivity contribution in [3.63, 3.8) is 0 Å². The number of aromatic nitrogens is 2. The summed E-state index contributed by atoms with van der Waals surface area (Å²) in [5.41, 5.74) is 1.95. The normalized spacial score (nSPS) is 12.0. The van der Waals surface area contributed by atoms with Crippen molar-refractivity contribution in [3.8, 4) is 0 Å². The molecule has 0 aliphatic rings. The highest BCUT2D eigenvalue weighted by atomic mass is 79.9. The number of hydrogen-bond donors (Lipinski definition) is 1. The van der Waals surface area contributed by atoms with Gasteiger partial charge in [-0.05, 0) is 74.5 Å². The summed E-state index contributed by atoms with van der Waals surface area (Å²) < 4.78 is 2.61. The van der Waals surface area contributed by atoms with Crippen molar-refractivity contribution in [1.29, 1.82) is 0 Å². The fourth-order valence-corrected chi connectivity index (χ4v) is 4.94. The second-order valence-electron chi connectivity index (χ2n) is 8.89. The highest BCUT2D eigenvalue weighted by Gasteiger charge is 2.29. The molecule has 0 radical (unpaired) electrons. The minimum atomic E-state index is -0.409. The topological polar surface area (TPSA) is 67.2 Å². The van der Waals surface area contributed by atoms with Gasteiger partial charge in [-0.3, -0.25) is 14.2 Å². The summed E-state index contributed by atoms with van der Waals surface area (Å²) in [5, 5.41) is 4.17. The summed E-state index contributed by atoms with van der Waals surface area (Å²) in [6.07, 6.45) is 1.35. The van der Waals surface area contributed by atoms with Gasteiger partial charge < -0.3 is 10.2 Å². The van der Waals surface area contributed by atoms with Crippen LogP contribution in [0.25, 0.3) is 10.9 Å². The third-order valence-electron chi connectivity index (χ3n) is 6.37. The van der Waals surface area contributed by atoms with Crippen molar-refractivity contribution in [2.24, 2.45) is 0 Å². The van der Waals surface area contributed by atoms with Crippen LogP contribution in [0.1, 0.15) is 47.6 Å². The average Bonchev–Trinajstić information content (AvgIpc) is 2.90. The van der Waals surface area contributed by atoms with Crippen LogP contribution in [0.15, 0.2) is 82.1 Å². The van der Waals surface area contributed by atoms with E-state index >= 15 is 0 Å². The summed E-state index contributed by atoms with van der Waals surface area (Å²) in [4.78, 5) is 34.5. The van der Waals surface area contributed by atoms with Crippen molar-refractivity contribution in [1.82, 2.24) is 19.8 Å². The summed E-state index contributed by atoms with van der Waals surface area (Å²) in [5.74, 6) is 0.461. The summed E-state index contributed by atoms with van der Waals surface area (Å²) in [6.45, 7) is 3.65. The zero-order valence-corrected chi connectivity index (χ0v) is 23.3. The first-order chi connectivity index (χ1) is 17.9. The van der Waals surface area contributed by atoms with Gasteiger partial charge in [-0.25, -0.2) is 4.98 Å². The third-order valence-corrected chi connectivity index (χ3v) is 7.13. The number of nitrogens with zero attached hydrogens (tertiary/aromatic N) is 3. The molecule has 1 aromatic heterocycles. The summed E-state index contributed by atoms with van der Waals surface area (Å²) in [6, 6.07) is 21.9. The molecule has 6 nitrogen and oxygen atoms in total. The number of carbonyl (C=O) groups is 1. The van der Waals surface area contributed by atoms with Gasteiger partial charge in [0.1, 0.15) is 5.82 Å². The second kappa shape index (κ2) is 12.5. The lowest BCUT2D eigenvalue weighted by molar-refractivity contribution is 0.0654. The lowest BCUT2D eigenvalue weighted by Crippen LogP contribution is -2.40. The maximum absolute atomic E-state index is 13.9. The Balaban J connectivity index is 1.87. The van der Waals surface area contributed by atoms with Crippen molar-refractivity contribution in [2.45, 2.75) is 32.4 Å². The third kappa shape index (κ3) is 6.29. The maximum Gasteiger partial charge on any atom is 0.261 e. The maximum atomic E-state index is 13.9. The summed E-state index contributed by atoms with van der Waals surface area (Å²) in [7, 11) is 1.89. The Kier molecular flexibility index (Phi) is 9.14. The van der Waals surface area contributed by atoms with E-state index in [0.717, 1.165) is 23.0 Å². The van der Waals surface area contributed by atoms with E-state index in [9.17, 15) is 9.59 Å². The van der Waals surface area contributed by atoms with E-state index in [2.05, 4.69) is 21.2 Å².